The van der Waals surface area contributed by atoms with E-state index in [1.54, 1.807) is 31.0 Å². The van der Waals surface area contributed by atoms with E-state index in [0.29, 0.717) is 5.69 Å². The second-order valence-corrected chi connectivity index (χ2v) is 8.68. The number of anilines is 1. The lowest BCUT2D eigenvalue weighted by Gasteiger charge is -2.37. The Balaban J connectivity index is 1.31. The van der Waals surface area contributed by atoms with E-state index in [1.165, 1.54) is 0 Å². The number of fused-ring (bicyclic) bond motifs is 2. The molecular formula is C25H20N10. The maximum absolute atomic E-state index is 5.93. The smallest absolute Gasteiger partial charge is 0.147 e. The summed E-state index contributed by atoms with van der Waals surface area (Å²) in [6, 6.07) is 8.25. The van der Waals surface area contributed by atoms with E-state index >= 15 is 0 Å². The Morgan fingerprint density at radius 3 is 2.57 bits per heavy atom. The summed E-state index contributed by atoms with van der Waals surface area (Å²) in [5.41, 5.74) is 12.9. The Morgan fingerprint density at radius 1 is 0.857 bits per heavy atom. The van der Waals surface area contributed by atoms with Crippen LogP contribution in [0.25, 0.3) is 55.7 Å². The number of H-pyrrole nitrogens is 2. The molecule has 35 heavy (non-hydrogen) atoms. The van der Waals surface area contributed by atoms with Crippen molar-refractivity contribution in [1.29, 1.82) is 0 Å². The van der Waals surface area contributed by atoms with E-state index in [4.69, 9.17) is 10.7 Å². The quantitative estimate of drug-likeness (QED) is 0.365. The normalized spacial score (nSPS) is 14.0. The highest BCUT2D eigenvalue weighted by atomic mass is 15.3. The number of pyridine rings is 3. The third-order valence-corrected chi connectivity index (χ3v) is 6.36. The number of aromatic nitrogens is 8. The van der Waals surface area contributed by atoms with Crippen molar-refractivity contribution in [1.82, 2.24) is 40.1 Å². The monoisotopic (exact) mass is 460 g/mol. The molecule has 7 heterocycles. The highest BCUT2D eigenvalue weighted by molar-refractivity contribution is 6.00. The van der Waals surface area contributed by atoms with Crippen molar-refractivity contribution in [2.24, 2.45) is 5.73 Å². The number of hydrogen-bond donors (Lipinski definition) is 3. The van der Waals surface area contributed by atoms with Gasteiger partial charge in [0.2, 0.25) is 0 Å². The van der Waals surface area contributed by atoms with E-state index in [-0.39, 0.29) is 6.04 Å². The third-order valence-electron chi connectivity index (χ3n) is 6.36. The van der Waals surface area contributed by atoms with Crippen molar-refractivity contribution in [3.8, 4) is 33.9 Å². The number of hydrogen-bond acceptors (Lipinski definition) is 8. The van der Waals surface area contributed by atoms with Crippen LogP contribution in [-0.2, 0) is 0 Å². The minimum Gasteiger partial charge on any atom is -0.352 e. The molecule has 1 fully saturated rings. The largest absolute Gasteiger partial charge is 0.352 e. The first-order chi connectivity index (χ1) is 17.2. The highest BCUT2D eigenvalue weighted by Crippen LogP contribution is 2.34. The van der Waals surface area contributed by atoms with Crippen molar-refractivity contribution in [3.05, 3.63) is 67.6 Å². The van der Waals surface area contributed by atoms with Gasteiger partial charge in [-0.15, -0.1) is 0 Å². The van der Waals surface area contributed by atoms with Gasteiger partial charge in [0.1, 0.15) is 17.2 Å². The van der Waals surface area contributed by atoms with Gasteiger partial charge in [0.15, 0.2) is 0 Å². The molecule has 0 bridgehead atoms. The Morgan fingerprint density at radius 2 is 1.71 bits per heavy atom. The molecule has 6 aromatic heterocycles. The Labute approximate surface area is 199 Å². The van der Waals surface area contributed by atoms with Crippen molar-refractivity contribution >= 4 is 27.6 Å². The molecule has 10 nitrogen and oxygen atoms in total. The zero-order chi connectivity index (χ0) is 23.4. The molecule has 10 heteroatoms. The van der Waals surface area contributed by atoms with Crippen LogP contribution in [0.3, 0.4) is 0 Å². The maximum atomic E-state index is 5.93. The molecular weight excluding hydrogens is 440 g/mol. The summed E-state index contributed by atoms with van der Waals surface area (Å²) < 4.78 is 0. The fraction of sp³-hybridized carbons (Fsp3) is 0.120. The number of nitrogens with two attached hydrogens (primary N) is 1. The topological polar surface area (TPSA) is 138 Å². The minimum absolute atomic E-state index is 0.189. The van der Waals surface area contributed by atoms with Gasteiger partial charge in [0.25, 0.3) is 0 Å². The van der Waals surface area contributed by atoms with Crippen LogP contribution in [-0.4, -0.2) is 59.2 Å². The van der Waals surface area contributed by atoms with Crippen LogP contribution >= 0.6 is 0 Å². The number of rotatable bonds is 4. The molecule has 1 saturated heterocycles. The lowest BCUT2D eigenvalue weighted by molar-refractivity contribution is 0.514. The lowest BCUT2D eigenvalue weighted by Crippen LogP contribution is -2.56. The average Bonchev–Trinajstić information content (AvgIpc) is 3.51. The first-order valence-electron chi connectivity index (χ1n) is 11.3. The number of aromatic amines is 2. The fourth-order valence-electron chi connectivity index (χ4n) is 4.53. The Hall–Kier alpha value is -4.70. The van der Waals surface area contributed by atoms with Gasteiger partial charge in [-0.3, -0.25) is 25.0 Å². The van der Waals surface area contributed by atoms with Crippen molar-refractivity contribution in [2.75, 3.05) is 18.0 Å². The number of nitrogens with one attached hydrogen (secondary N) is 2. The van der Waals surface area contributed by atoms with Crippen LogP contribution in [0.2, 0.25) is 0 Å². The standard InChI is InChI=1S/C25H20N10/c26-15-12-35(13-15)24-11-29-9-23(32-24)19-6-17-22(10-30-19)33-34-25(17)20-5-16-18(7-28-8-21(16)31-20)14-1-3-27-4-2-14/h1-11,15,31H,12-13,26H2,(H,33,34). The second-order valence-electron chi connectivity index (χ2n) is 8.68. The first-order valence-corrected chi connectivity index (χ1v) is 11.3. The van der Waals surface area contributed by atoms with Crippen LogP contribution in [0.4, 0.5) is 5.82 Å². The predicted molar refractivity (Wildman–Crippen MR) is 133 cm³/mol. The van der Waals surface area contributed by atoms with Gasteiger partial charge in [-0.1, -0.05) is 0 Å². The Kier molecular flexibility index (Phi) is 4.33. The van der Waals surface area contributed by atoms with Crippen LogP contribution in [0.5, 0.6) is 0 Å². The van der Waals surface area contributed by atoms with Crippen molar-refractivity contribution in [2.45, 2.75) is 6.04 Å². The van der Waals surface area contributed by atoms with Gasteiger partial charge in [0.05, 0.1) is 47.2 Å². The molecule has 0 aromatic carbocycles. The first kappa shape index (κ1) is 19.7. The molecule has 7 rings (SSSR count). The van der Waals surface area contributed by atoms with Crippen LogP contribution in [0.1, 0.15) is 0 Å². The third kappa shape index (κ3) is 3.30. The fourth-order valence-corrected chi connectivity index (χ4v) is 4.53. The molecule has 1 aliphatic heterocycles. The molecule has 0 aliphatic carbocycles. The maximum Gasteiger partial charge on any atom is 0.147 e. The van der Waals surface area contributed by atoms with E-state index in [9.17, 15) is 0 Å². The molecule has 0 radical (unpaired) electrons. The molecule has 0 amide bonds. The highest BCUT2D eigenvalue weighted by Gasteiger charge is 2.25. The summed E-state index contributed by atoms with van der Waals surface area (Å²) in [4.78, 5) is 27.9. The van der Waals surface area contributed by atoms with Gasteiger partial charge < -0.3 is 15.6 Å². The van der Waals surface area contributed by atoms with E-state index in [0.717, 1.165) is 68.9 Å². The minimum atomic E-state index is 0.189. The Bertz CT molecular complexity index is 1680. The summed E-state index contributed by atoms with van der Waals surface area (Å²) in [5, 5.41) is 9.69. The average molecular weight is 461 g/mol. The molecule has 170 valence electrons. The SMILES string of the molecule is NC1CN(c2cncc(-c3cc4c(-c5cc6c(-c7ccncc7)cncc6[nH]5)n[nH]c4cn3)n2)C1. The lowest BCUT2D eigenvalue weighted by atomic mass is 10.1. The van der Waals surface area contributed by atoms with E-state index < -0.39 is 0 Å². The van der Waals surface area contributed by atoms with E-state index in [2.05, 4.69) is 46.1 Å². The van der Waals surface area contributed by atoms with Gasteiger partial charge in [-0.2, -0.15) is 5.10 Å². The summed E-state index contributed by atoms with van der Waals surface area (Å²) >= 11 is 0. The van der Waals surface area contributed by atoms with Gasteiger partial charge in [-0.25, -0.2) is 4.98 Å². The number of nitrogens with zero attached hydrogens (tertiary/aromatic N) is 7. The molecule has 0 spiro atoms. The molecule has 0 atom stereocenters. The zero-order valence-corrected chi connectivity index (χ0v) is 18.6. The summed E-state index contributed by atoms with van der Waals surface area (Å²) in [6.07, 6.45) is 12.5. The van der Waals surface area contributed by atoms with Crippen molar-refractivity contribution in [3.63, 3.8) is 0 Å². The summed E-state index contributed by atoms with van der Waals surface area (Å²) in [7, 11) is 0. The second kappa shape index (κ2) is 7.67. The van der Waals surface area contributed by atoms with Crippen LogP contribution < -0.4 is 10.6 Å². The molecule has 0 saturated carbocycles. The molecule has 4 N–H and O–H groups in total. The van der Waals surface area contributed by atoms with Gasteiger partial charge >= 0.3 is 0 Å². The van der Waals surface area contributed by atoms with Crippen LogP contribution in [0, 0.1) is 0 Å². The van der Waals surface area contributed by atoms with Crippen LogP contribution in [0.15, 0.2) is 67.6 Å². The molecule has 1 aliphatic rings. The summed E-state index contributed by atoms with van der Waals surface area (Å²) in [5.74, 6) is 0.810. The van der Waals surface area contributed by atoms with Gasteiger partial charge in [0, 0.05) is 54.1 Å². The predicted octanol–water partition coefficient (Wildman–Crippen LogP) is 3.17. The zero-order valence-electron chi connectivity index (χ0n) is 18.6. The molecule has 6 aromatic rings. The molecule has 0 unspecified atom stereocenters. The van der Waals surface area contributed by atoms with Gasteiger partial charge in [-0.05, 0) is 29.8 Å². The summed E-state index contributed by atoms with van der Waals surface area (Å²) in [6.45, 7) is 1.57. The van der Waals surface area contributed by atoms with Crippen molar-refractivity contribution < 1.29 is 0 Å². The van der Waals surface area contributed by atoms with E-state index in [1.807, 2.05) is 30.6 Å².